The zero-order valence-corrected chi connectivity index (χ0v) is 15.2. The Kier molecular flexibility index (Phi) is 6.42. The Hall–Kier alpha value is -2.17. The fourth-order valence-electron chi connectivity index (χ4n) is 3.61. The van der Waals surface area contributed by atoms with Crippen LogP contribution in [0.25, 0.3) is 0 Å². The fourth-order valence-corrected chi connectivity index (χ4v) is 3.61. The van der Waals surface area contributed by atoms with Crippen LogP contribution in [0.15, 0.2) is 12.3 Å². The number of rotatable bonds is 5. The smallest absolute Gasteiger partial charge is 0.227 e. The van der Waals surface area contributed by atoms with Gasteiger partial charge in [-0.2, -0.15) is 5.26 Å². The van der Waals surface area contributed by atoms with Crippen LogP contribution in [0, 0.1) is 30.1 Å². The molecule has 2 saturated heterocycles. The highest BCUT2D eigenvalue weighted by Gasteiger charge is 2.33. The number of hydrogen-bond donors (Lipinski definition) is 1. The largest absolute Gasteiger partial charge is 0.383 e. The van der Waals surface area contributed by atoms with Gasteiger partial charge in [0, 0.05) is 44.7 Å². The summed E-state index contributed by atoms with van der Waals surface area (Å²) in [5.74, 6) is 0.342. The van der Waals surface area contributed by atoms with Crippen molar-refractivity contribution in [2.45, 2.75) is 19.8 Å². The van der Waals surface area contributed by atoms with E-state index in [-0.39, 0.29) is 11.8 Å². The normalized spacial score (nSPS) is 19.6. The van der Waals surface area contributed by atoms with Gasteiger partial charge in [0.1, 0.15) is 6.07 Å². The van der Waals surface area contributed by atoms with Gasteiger partial charge in [0.2, 0.25) is 5.91 Å². The monoisotopic (exact) mass is 358 g/mol. The lowest BCUT2D eigenvalue weighted by Crippen LogP contribution is -2.47. The van der Waals surface area contributed by atoms with Crippen LogP contribution < -0.4 is 5.32 Å². The van der Waals surface area contributed by atoms with Crippen LogP contribution in [0.1, 0.15) is 24.1 Å². The Morgan fingerprint density at radius 2 is 2.04 bits per heavy atom. The third kappa shape index (κ3) is 4.51. The lowest BCUT2D eigenvalue weighted by molar-refractivity contribution is -0.142. The summed E-state index contributed by atoms with van der Waals surface area (Å²) in [6, 6.07) is 4.02. The van der Waals surface area contributed by atoms with Crippen LogP contribution in [0.5, 0.6) is 0 Å². The topological polar surface area (TPSA) is 87.5 Å². The molecule has 0 aliphatic carbocycles. The zero-order valence-electron chi connectivity index (χ0n) is 15.2. The minimum atomic E-state index is -0.128. The maximum absolute atomic E-state index is 13.2. The summed E-state index contributed by atoms with van der Waals surface area (Å²) < 4.78 is 10.8. The van der Waals surface area contributed by atoms with Crippen molar-refractivity contribution in [2.75, 3.05) is 51.4 Å². The first-order valence-corrected chi connectivity index (χ1v) is 9.24. The van der Waals surface area contributed by atoms with Crippen LogP contribution in [0.2, 0.25) is 0 Å². The minimum absolute atomic E-state index is 0.128. The Morgan fingerprint density at radius 3 is 2.73 bits per heavy atom. The highest BCUT2D eigenvalue weighted by molar-refractivity contribution is 5.80. The van der Waals surface area contributed by atoms with Crippen molar-refractivity contribution < 1.29 is 14.3 Å². The summed E-state index contributed by atoms with van der Waals surface area (Å²) in [5.41, 5.74) is 2.08. The van der Waals surface area contributed by atoms with E-state index in [2.05, 4.69) is 16.4 Å². The summed E-state index contributed by atoms with van der Waals surface area (Å²) >= 11 is 0. The standard InChI is InChI=1S/C19H26N4O3/c1-14-10-18(16(11-20)12-21-14)22-13-17(15-2-6-25-7-3-15)19(24)23-4-8-26-9-5-23/h10,12,15,17H,2-9,13H2,1H3,(H,21,22). The van der Waals surface area contributed by atoms with Crippen molar-refractivity contribution in [3.63, 3.8) is 0 Å². The van der Waals surface area contributed by atoms with E-state index in [0.717, 1.165) is 24.2 Å². The molecule has 3 heterocycles. The van der Waals surface area contributed by atoms with Gasteiger partial charge in [0.05, 0.1) is 30.4 Å². The van der Waals surface area contributed by atoms with E-state index in [1.54, 1.807) is 6.20 Å². The van der Waals surface area contributed by atoms with Crippen LogP contribution in [-0.4, -0.2) is 61.9 Å². The lowest BCUT2D eigenvalue weighted by Gasteiger charge is -2.35. The molecular formula is C19H26N4O3. The number of nitriles is 1. The highest BCUT2D eigenvalue weighted by atomic mass is 16.5. The average Bonchev–Trinajstić information content (AvgIpc) is 2.69. The predicted octanol–water partition coefficient (Wildman–Crippen LogP) is 1.58. The third-order valence-electron chi connectivity index (χ3n) is 5.15. The van der Waals surface area contributed by atoms with Crippen molar-refractivity contribution in [1.29, 1.82) is 5.26 Å². The van der Waals surface area contributed by atoms with Gasteiger partial charge < -0.3 is 19.7 Å². The molecule has 1 atom stereocenters. The zero-order chi connectivity index (χ0) is 18.4. The lowest BCUT2D eigenvalue weighted by atomic mass is 9.84. The molecule has 0 saturated carbocycles. The number of pyridine rings is 1. The van der Waals surface area contributed by atoms with Crippen LogP contribution >= 0.6 is 0 Å². The SMILES string of the molecule is Cc1cc(NCC(C(=O)N2CCOCC2)C2CCOCC2)c(C#N)cn1. The first-order chi connectivity index (χ1) is 12.7. The molecule has 2 fully saturated rings. The molecule has 1 amide bonds. The molecule has 0 spiro atoms. The summed E-state index contributed by atoms with van der Waals surface area (Å²) in [6.45, 7) is 6.31. The average molecular weight is 358 g/mol. The summed E-state index contributed by atoms with van der Waals surface area (Å²) in [7, 11) is 0. The van der Waals surface area contributed by atoms with Gasteiger partial charge in [0.25, 0.3) is 0 Å². The van der Waals surface area contributed by atoms with E-state index in [1.165, 1.54) is 0 Å². The van der Waals surface area contributed by atoms with E-state index in [4.69, 9.17) is 9.47 Å². The number of nitrogens with one attached hydrogen (secondary N) is 1. The van der Waals surface area contributed by atoms with Crippen molar-refractivity contribution in [3.8, 4) is 6.07 Å². The summed E-state index contributed by atoms with van der Waals surface area (Å²) in [4.78, 5) is 19.2. The number of aryl methyl sites for hydroxylation is 1. The second-order valence-electron chi connectivity index (χ2n) is 6.86. The Morgan fingerprint density at radius 1 is 1.35 bits per heavy atom. The Labute approximate surface area is 154 Å². The molecule has 1 N–H and O–H groups in total. The molecular weight excluding hydrogens is 332 g/mol. The molecule has 26 heavy (non-hydrogen) atoms. The van der Waals surface area contributed by atoms with Crippen LogP contribution in [0.4, 0.5) is 5.69 Å². The molecule has 0 aromatic carbocycles. The van der Waals surface area contributed by atoms with Gasteiger partial charge >= 0.3 is 0 Å². The summed E-state index contributed by atoms with van der Waals surface area (Å²) in [5, 5.41) is 12.6. The number of aromatic nitrogens is 1. The Balaban J connectivity index is 1.74. The second-order valence-corrected chi connectivity index (χ2v) is 6.86. The first-order valence-electron chi connectivity index (χ1n) is 9.24. The maximum atomic E-state index is 13.2. The molecule has 2 aliphatic heterocycles. The van der Waals surface area contributed by atoms with E-state index in [0.29, 0.717) is 57.5 Å². The quantitative estimate of drug-likeness (QED) is 0.860. The number of hydrogen-bond acceptors (Lipinski definition) is 6. The number of carbonyl (C=O) groups is 1. The van der Waals surface area contributed by atoms with Gasteiger partial charge in [-0.3, -0.25) is 9.78 Å². The minimum Gasteiger partial charge on any atom is -0.383 e. The number of amides is 1. The van der Waals surface area contributed by atoms with Crippen molar-refractivity contribution in [2.24, 2.45) is 11.8 Å². The predicted molar refractivity (Wildman–Crippen MR) is 96.6 cm³/mol. The van der Waals surface area contributed by atoms with Crippen LogP contribution in [0.3, 0.4) is 0 Å². The number of morpholine rings is 1. The second kappa shape index (κ2) is 8.97. The van der Waals surface area contributed by atoms with Crippen molar-refractivity contribution >= 4 is 11.6 Å². The molecule has 1 unspecified atom stereocenters. The number of nitrogens with zero attached hydrogens (tertiary/aromatic N) is 3. The molecule has 0 bridgehead atoms. The van der Waals surface area contributed by atoms with Gasteiger partial charge in [-0.15, -0.1) is 0 Å². The van der Waals surface area contributed by atoms with E-state index in [9.17, 15) is 10.1 Å². The fraction of sp³-hybridized carbons (Fsp3) is 0.632. The van der Waals surface area contributed by atoms with Crippen molar-refractivity contribution in [1.82, 2.24) is 9.88 Å². The van der Waals surface area contributed by atoms with Gasteiger partial charge in [-0.25, -0.2) is 0 Å². The highest BCUT2D eigenvalue weighted by Crippen LogP contribution is 2.27. The summed E-state index contributed by atoms with van der Waals surface area (Å²) in [6.07, 6.45) is 3.36. The van der Waals surface area contributed by atoms with Gasteiger partial charge in [-0.05, 0) is 31.7 Å². The van der Waals surface area contributed by atoms with Crippen molar-refractivity contribution in [3.05, 3.63) is 23.5 Å². The molecule has 7 heteroatoms. The molecule has 1 aromatic heterocycles. The number of anilines is 1. The molecule has 140 valence electrons. The number of ether oxygens (including phenoxy) is 2. The first kappa shape index (κ1) is 18.6. The molecule has 1 aromatic rings. The van der Waals surface area contributed by atoms with Crippen LogP contribution in [-0.2, 0) is 14.3 Å². The van der Waals surface area contributed by atoms with E-state index >= 15 is 0 Å². The maximum Gasteiger partial charge on any atom is 0.227 e. The van der Waals surface area contributed by atoms with Gasteiger partial charge in [-0.1, -0.05) is 0 Å². The third-order valence-corrected chi connectivity index (χ3v) is 5.15. The molecule has 0 radical (unpaired) electrons. The Bertz CT molecular complexity index is 661. The molecule has 2 aliphatic rings. The van der Waals surface area contributed by atoms with Gasteiger partial charge in [0.15, 0.2) is 0 Å². The number of carbonyl (C=O) groups excluding carboxylic acids is 1. The molecule has 3 rings (SSSR count). The van der Waals surface area contributed by atoms with E-state index < -0.39 is 0 Å². The van der Waals surface area contributed by atoms with E-state index in [1.807, 2.05) is 17.9 Å². The molecule has 7 nitrogen and oxygen atoms in total.